The van der Waals surface area contributed by atoms with Gasteiger partial charge in [0.15, 0.2) is 5.78 Å². The molecule has 0 aliphatic rings. The number of carboxylic acids is 1. The summed E-state index contributed by atoms with van der Waals surface area (Å²) >= 11 is 0. The zero-order valence-electron chi connectivity index (χ0n) is 14.4. The standard InChI is InChI=1S/C18H27NO4/c1-5-19(6-2)12-15(11-17(20)21)18(22)14-7-9-16(10-8-14)23-13(3)4/h7-10,13,15H,5-6,11-12H2,1-4H3,(H,20,21). The number of carboxylic acid groups (broad SMARTS) is 1. The van der Waals surface area contributed by atoms with Crippen molar-refractivity contribution in [3.63, 3.8) is 0 Å². The minimum Gasteiger partial charge on any atom is -0.491 e. The number of Topliss-reactive ketones (excluding diaryl/α,β-unsaturated/α-hetero) is 1. The van der Waals surface area contributed by atoms with Gasteiger partial charge in [0.2, 0.25) is 0 Å². The average Bonchev–Trinajstić information content (AvgIpc) is 2.50. The second-order valence-electron chi connectivity index (χ2n) is 5.84. The average molecular weight is 321 g/mol. The molecule has 0 heterocycles. The van der Waals surface area contributed by atoms with Gasteiger partial charge in [-0.25, -0.2) is 0 Å². The molecule has 0 bridgehead atoms. The van der Waals surface area contributed by atoms with Gasteiger partial charge in [-0.3, -0.25) is 9.59 Å². The smallest absolute Gasteiger partial charge is 0.304 e. The van der Waals surface area contributed by atoms with Gasteiger partial charge in [0.05, 0.1) is 12.5 Å². The van der Waals surface area contributed by atoms with Gasteiger partial charge in [-0.05, 0) is 51.2 Å². The molecule has 0 aliphatic heterocycles. The first-order chi connectivity index (χ1) is 10.9. The number of nitrogens with zero attached hydrogens (tertiary/aromatic N) is 1. The largest absolute Gasteiger partial charge is 0.491 e. The highest BCUT2D eigenvalue weighted by Crippen LogP contribution is 2.19. The van der Waals surface area contributed by atoms with Crippen LogP contribution in [-0.4, -0.2) is 47.5 Å². The number of rotatable bonds is 10. The van der Waals surface area contributed by atoms with Gasteiger partial charge >= 0.3 is 5.97 Å². The molecule has 0 radical (unpaired) electrons. The van der Waals surface area contributed by atoms with Crippen LogP contribution in [0, 0.1) is 5.92 Å². The fourth-order valence-electron chi connectivity index (χ4n) is 2.45. The first kappa shape index (κ1) is 19.2. The van der Waals surface area contributed by atoms with Crippen molar-refractivity contribution in [2.75, 3.05) is 19.6 Å². The Morgan fingerprint density at radius 2 is 1.70 bits per heavy atom. The highest BCUT2D eigenvalue weighted by molar-refractivity contribution is 5.99. The first-order valence-corrected chi connectivity index (χ1v) is 8.12. The Bertz CT molecular complexity index is 506. The van der Waals surface area contributed by atoms with E-state index in [-0.39, 0.29) is 18.3 Å². The molecule has 1 aromatic rings. The molecule has 0 amide bonds. The van der Waals surface area contributed by atoms with E-state index in [2.05, 4.69) is 4.90 Å². The van der Waals surface area contributed by atoms with Crippen LogP contribution in [0.25, 0.3) is 0 Å². The number of aliphatic carboxylic acids is 1. The van der Waals surface area contributed by atoms with Crippen LogP contribution in [0.2, 0.25) is 0 Å². The fraction of sp³-hybridized carbons (Fsp3) is 0.556. The number of benzene rings is 1. The van der Waals surface area contributed by atoms with Crippen molar-refractivity contribution in [1.29, 1.82) is 0 Å². The van der Waals surface area contributed by atoms with Crippen LogP contribution in [-0.2, 0) is 4.79 Å². The molecule has 0 aromatic heterocycles. The van der Waals surface area contributed by atoms with Crippen LogP contribution in [0.15, 0.2) is 24.3 Å². The summed E-state index contributed by atoms with van der Waals surface area (Å²) in [4.78, 5) is 25.8. The second kappa shape index (κ2) is 9.30. The van der Waals surface area contributed by atoms with Gasteiger partial charge in [-0.2, -0.15) is 0 Å². The van der Waals surface area contributed by atoms with Crippen LogP contribution in [0.1, 0.15) is 44.5 Å². The molecular formula is C18H27NO4. The van der Waals surface area contributed by atoms with Gasteiger partial charge < -0.3 is 14.7 Å². The maximum atomic E-state index is 12.7. The molecule has 5 heteroatoms. The third-order valence-corrected chi connectivity index (χ3v) is 3.68. The van der Waals surface area contributed by atoms with Gasteiger partial charge in [-0.1, -0.05) is 13.8 Å². The topological polar surface area (TPSA) is 66.8 Å². The SMILES string of the molecule is CCN(CC)CC(CC(=O)O)C(=O)c1ccc(OC(C)C)cc1. The number of carbonyl (C=O) groups is 2. The molecule has 0 saturated carbocycles. The Balaban J connectivity index is 2.88. The fourth-order valence-corrected chi connectivity index (χ4v) is 2.45. The van der Waals surface area contributed by atoms with E-state index in [1.807, 2.05) is 27.7 Å². The van der Waals surface area contributed by atoms with E-state index in [0.717, 1.165) is 13.1 Å². The summed E-state index contributed by atoms with van der Waals surface area (Å²) in [5, 5.41) is 9.09. The van der Waals surface area contributed by atoms with E-state index in [1.54, 1.807) is 24.3 Å². The van der Waals surface area contributed by atoms with Crippen molar-refractivity contribution < 1.29 is 19.4 Å². The molecule has 1 atom stereocenters. The maximum absolute atomic E-state index is 12.7. The number of hydrogen-bond donors (Lipinski definition) is 1. The van der Waals surface area contributed by atoms with Gasteiger partial charge in [-0.15, -0.1) is 0 Å². The van der Waals surface area contributed by atoms with Crippen molar-refractivity contribution in [2.24, 2.45) is 5.92 Å². The molecule has 1 unspecified atom stereocenters. The monoisotopic (exact) mass is 321 g/mol. The molecule has 23 heavy (non-hydrogen) atoms. The number of hydrogen-bond acceptors (Lipinski definition) is 4. The predicted octanol–water partition coefficient (Wildman–Crippen LogP) is 3.09. The molecule has 1 N–H and O–H groups in total. The Kier molecular flexibility index (Phi) is 7.75. The molecule has 0 aliphatic carbocycles. The lowest BCUT2D eigenvalue weighted by atomic mass is 9.94. The number of carbonyl (C=O) groups excluding carboxylic acids is 1. The van der Waals surface area contributed by atoms with Crippen LogP contribution in [0.3, 0.4) is 0 Å². The molecular weight excluding hydrogens is 294 g/mol. The van der Waals surface area contributed by atoms with Crippen molar-refractivity contribution in [3.05, 3.63) is 29.8 Å². The summed E-state index contributed by atoms with van der Waals surface area (Å²) in [6.07, 6.45) is -0.0847. The highest BCUT2D eigenvalue weighted by atomic mass is 16.5. The Hall–Kier alpha value is -1.88. The summed E-state index contributed by atoms with van der Waals surface area (Å²) in [7, 11) is 0. The molecule has 5 nitrogen and oxygen atoms in total. The molecule has 1 rings (SSSR count). The number of ketones is 1. The second-order valence-corrected chi connectivity index (χ2v) is 5.84. The molecule has 0 spiro atoms. The summed E-state index contributed by atoms with van der Waals surface area (Å²) in [6, 6.07) is 6.92. The lowest BCUT2D eigenvalue weighted by Gasteiger charge is -2.23. The quantitative estimate of drug-likeness (QED) is 0.671. The molecule has 0 saturated heterocycles. The summed E-state index contributed by atoms with van der Waals surface area (Å²) < 4.78 is 5.56. The van der Waals surface area contributed by atoms with Gasteiger partial charge in [0.25, 0.3) is 0 Å². The molecule has 128 valence electrons. The zero-order chi connectivity index (χ0) is 17.4. The van der Waals surface area contributed by atoms with E-state index >= 15 is 0 Å². The van der Waals surface area contributed by atoms with Crippen molar-refractivity contribution >= 4 is 11.8 Å². The normalized spacial score (nSPS) is 12.4. The Morgan fingerprint density at radius 3 is 2.13 bits per heavy atom. The van der Waals surface area contributed by atoms with Crippen molar-refractivity contribution in [2.45, 2.75) is 40.2 Å². The van der Waals surface area contributed by atoms with E-state index in [9.17, 15) is 9.59 Å². The van der Waals surface area contributed by atoms with E-state index in [0.29, 0.717) is 17.9 Å². The molecule has 1 aromatic carbocycles. The van der Waals surface area contributed by atoms with E-state index in [1.165, 1.54) is 0 Å². The van der Waals surface area contributed by atoms with Crippen molar-refractivity contribution in [3.8, 4) is 5.75 Å². The maximum Gasteiger partial charge on any atom is 0.304 e. The predicted molar refractivity (Wildman–Crippen MR) is 90.1 cm³/mol. The van der Waals surface area contributed by atoms with Gasteiger partial charge in [0.1, 0.15) is 5.75 Å². The summed E-state index contributed by atoms with van der Waals surface area (Å²) in [6.45, 7) is 9.93. The molecule has 0 fully saturated rings. The minimum absolute atomic E-state index is 0.0685. The third kappa shape index (κ3) is 6.40. The highest BCUT2D eigenvalue weighted by Gasteiger charge is 2.24. The number of ether oxygens (including phenoxy) is 1. The van der Waals surface area contributed by atoms with E-state index in [4.69, 9.17) is 9.84 Å². The summed E-state index contributed by atoms with van der Waals surface area (Å²) in [5.74, 6) is -0.912. The lowest BCUT2D eigenvalue weighted by molar-refractivity contribution is -0.137. The third-order valence-electron chi connectivity index (χ3n) is 3.68. The van der Waals surface area contributed by atoms with Crippen LogP contribution in [0.4, 0.5) is 0 Å². The van der Waals surface area contributed by atoms with Crippen LogP contribution in [0.5, 0.6) is 5.75 Å². The van der Waals surface area contributed by atoms with Crippen LogP contribution < -0.4 is 4.74 Å². The van der Waals surface area contributed by atoms with E-state index < -0.39 is 11.9 Å². The zero-order valence-corrected chi connectivity index (χ0v) is 14.4. The summed E-state index contributed by atoms with van der Waals surface area (Å²) in [5.41, 5.74) is 0.527. The Morgan fingerprint density at radius 1 is 1.13 bits per heavy atom. The first-order valence-electron chi connectivity index (χ1n) is 8.12. The Labute approximate surface area is 138 Å². The van der Waals surface area contributed by atoms with Gasteiger partial charge in [0, 0.05) is 18.0 Å². The lowest BCUT2D eigenvalue weighted by Crippen LogP contribution is -2.34. The van der Waals surface area contributed by atoms with Crippen molar-refractivity contribution in [1.82, 2.24) is 4.90 Å². The minimum atomic E-state index is -0.949. The van der Waals surface area contributed by atoms with Crippen LogP contribution >= 0.6 is 0 Å².